The first-order valence-electron chi connectivity index (χ1n) is 7.57. The summed E-state index contributed by atoms with van der Waals surface area (Å²) in [4.78, 5) is -4.72. The van der Waals surface area contributed by atoms with E-state index in [1.54, 1.807) is 0 Å². The molecule has 0 aromatic heterocycles. The molecule has 1 aliphatic heterocycles. The molecule has 0 atom stereocenters. The van der Waals surface area contributed by atoms with Crippen LogP contribution in [0.15, 0.2) is 43.8 Å². The summed E-state index contributed by atoms with van der Waals surface area (Å²) in [5, 5.41) is 10.1. The molecule has 182 valence electrons. The Labute approximate surface area is 194 Å². The SMILES string of the molecule is O=S(=O)(O)c1cc([O][Sb]2[O]c3cc(S(=O)(=O)O)cc(S(=O)(=O)O)c3[O]2)c(O)c(S(=O)(=O)O)c1. The summed E-state index contributed by atoms with van der Waals surface area (Å²) >= 11 is -4.34. The van der Waals surface area contributed by atoms with Gasteiger partial charge in [0.1, 0.15) is 0 Å². The minimum atomic E-state index is -5.25. The van der Waals surface area contributed by atoms with E-state index in [0.717, 1.165) is 0 Å². The standard InChI is InChI=1S/2C6H6O8S2.Sb/c2*7-4-1-3(15(9,10)11)2-5(6(4)8)16(12,13)14;/h2*1-2,7-8H,(H,9,10,11)(H,12,13,14);/q;;+3/p-3. The van der Waals surface area contributed by atoms with Gasteiger partial charge in [0, 0.05) is 0 Å². The maximum atomic E-state index is 11.6. The molecule has 16 nitrogen and oxygen atoms in total. The number of benzene rings is 2. The fraction of sp³-hybridized carbons (Fsp3) is 0. The quantitative estimate of drug-likeness (QED) is 0.188. The average molecular weight is 659 g/mol. The molecule has 2 aromatic rings. The van der Waals surface area contributed by atoms with E-state index >= 15 is 0 Å². The predicted molar refractivity (Wildman–Crippen MR) is 101 cm³/mol. The molecule has 3 rings (SSSR count). The van der Waals surface area contributed by atoms with Crippen molar-refractivity contribution >= 4 is 61.9 Å². The third kappa shape index (κ3) is 5.44. The fourth-order valence-corrected chi connectivity index (χ4v) is 7.95. The molecule has 1 aliphatic rings. The van der Waals surface area contributed by atoms with Gasteiger partial charge < -0.3 is 0 Å². The molecular weight excluding hydrogens is 650 g/mol. The van der Waals surface area contributed by atoms with Crippen LogP contribution >= 0.6 is 0 Å². The third-order valence-corrected chi connectivity index (χ3v) is 9.98. The van der Waals surface area contributed by atoms with E-state index in [4.69, 9.17) is 18.2 Å². The van der Waals surface area contributed by atoms with Gasteiger partial charge in [-0.2, -0.15) is 0 Å². The Balaban J connectivity index is 2.11. The molecule has 21 heteroatoms. The monoisotopic (exact) mass is 658 g/mol. The molecule has 0 spiro atoms. The molecule has 2 aromatic carbocycles. The van der Waals surface area contributed by atoms with Crippen LogP contribution in [0.25, 0.3) is 0 Å². The molecule has 0 saturated carbocycles. The fourth-order valence-electron chi connectivity index (χ4n) is 2.32. The van der Waals surface area contributed by atoms with Crippen LogP contribution < -0.4 is 9.05 Å². The van der Waals surface area contributed by atoms with Gasteiger partial charge in [0.05, 0.1) is 0 Å². The first kappa shape index (κ1) is 25.7. The average Bonchev–Trinajstić information content (AvgIpc) is 3.01. The Morgan fingerprint density at radius 1 is 0.667 bits per heavy atom. The second-order valence-electron chi connectivity index (χ2n) is 5.91. The van der Waals surface area contributed by atoms with E-state index in [2.05, 4.69) is 0 Å². The molecule has 0 aliphatic carbocycles. The van der Waals surface area contributed by atoms with Crippen LogP contribution in [-0.2, 0) is 40.5 Å². The summed E-state index contributed by atoms with van der Waals surface area (Å²) in [5.74, 6) is -3.75. The van der Waals surface area contributed by atoms with Crippen LogP contribution in [0.5, 0.6) is 23.0 Å². The van der Waals surface area contributed by atoms with E-state index in [0.29, 0.717) is 18.2 Å². The topological polar surface area (TPSA) is 265 Å². The zero-order valence-corrected chi connectivity index (χ0v) is 20.9. The number of fused-ring (bicyclic) bond motifs is 1. The van der Waals surface area contributed by atoms with Gasteiger partial charge in [-0.1, -0.05) is 0 Å². The Morgan fingerprint density at radius 2 is 1.15 bits per heavy atom. The summed E-state index contributed by atoms with van der Waals surface area (Å²) in [6, 6.07) is 1.57. The molecule has 5 N–H and O–H groups in total. The van der Waals surface area contributed by atoms with Gasteiger partial charge in [-0.25, -0.2) is 0 Å². The van der Waals surface area contributed by atoms with Crippen molar-refractivity contribution in [3.8, 4) is 23.0 Å². The number of aromatic hydroxyl groups is 1. The Kier molecular flexibility index (Phi) is 6.31. The zero-order valence-electron chi connectivity index (χ0n) is 15.1. The van der Waals surface area contributed by atoms with Crippen molar-refractivity contribution in [3.63, 3.8) is 0 Å². The minimum absolute atomic E-state index is 0.208. The molecule has 0 bridgehead atoms. The molecule has 0 amide bonds. The van der Waals surface area contributed by atoms with Crippen molar-refractivity contribution in [1.29, 1.82) is 0 Å². The summed E-state index contributed by atoms with van der Waals surface area (Å²) in [6.45, 7) is 0. The molecule has 0 unspecified atom stereocenters. The molecule has 0 saturated heterocycles. The Morgan fingerprint density at radius 3 is 1.64 bits per heavy atom. The van der Waals surface area contributed by atoms with Crippen molar-refractivity contribution in [3.05, 3.63) is 24.3 Å². The summed E-state index contributed by atoms with van der Waals surface area (Å²) in [5.41, 5.74) is 0. The van der Waals surface area contributed by atoms with Crippen LogP contribution in [0.4, 0.5) is 0 Å². The summed E-state index contributed by atoms with van der Waals surface area (Å²) in [6.07, 6.45) is 0. The molecular formula is C12H9O16S4Sb. The maximum absolute atomic E-state index is 11.6. The van der Waals surface area contributed by atoms with Crippen molar-refractivity contribution in [2.24, 2.45) is 0 Å². The van der Waals surface area contributed by atoms with Crippen molar-refractivity contribution in [2.75, 3.05) is 0 Å². The van der Waals surface area contributed by atoms with Crippen LogP contribution in [0, 0.1) is 0 Å². The van der Waals surface area contributed by atoms with Gasteiger partial charge in [-0.3, -0.25) is 0 Å². The summed E-state index contributed by atoms with van der Waals surface area (Å²) < 4.78 is 144. The molecule has 0 radical (unpaired) electrons. The normalized spacial score (nSPS) is 14.9. The first-order valence-corrected chi connectivity index (χ1v) is 16.5. The van der Waals surface area contributed by atoms with Crippen molar-refractivity contribution in [1.82, 2.24) is 0 Å². The van der Waals surface area contributed by atoms with E-state index in [9.17, 15) is 47.9 Å². The third-order valence-electron chi connectivity index (χ3n) is 3.67. The van der Waals surface area contributed by atoms with E-state index in [1.165, 1.54) is 0 Å². The zero-order chi connectivity index (χ0) is 25.1. The van der Waals surface area contributed by atoms with Gasteiger partial charge >= 0.3 is 195 Å². The molecule has 0 fully saturated rings. The van der Waals surface area contributed by atoms with Crippen LogP contribution in [0.2, 0.25) is 0 Å². The van der Waals surface area contributed by atoms with Crippen LogP contribution in [-0.4, -0.2) is 78.5 Å². The first-order chi connectivity index (χ1) is 14.8. The summed E-state index contributed by atoms with van der Waals surface area (Å²) in [7, 11) is -20.5. The van der Waals surface area contributed by atoms with Gasteiger partial charge in [0.15, 0.2) is 0 Å². The van der Waals surface area contributed by atoms with Crippen molar-refractivity contribution in [2.45, 2.75) is 19.6 Å². The molecule has 33 heavy (non-hydrogen) atoms. The van der Waals surface area contributed by atoms with Gasteiger partial charge in [-0.15, -0.1) is 0 Å². The number of phenolic OH excluding ortho intramolecular Hbond substituents is 1. The number of hydrogen-bond donors (Lipinski definition) is 5. The van der Waals surface area contributed by atoms with Gasteiger partial charge in [0.25, 0.3) is 0 Å². The Hall–Kier alpha value is -1.90. The second kappa shape index (κ2) is 8.10. The van der Waals surface area contributed by atoms with Crippen LogP contribution in [0.1, 0.15) is 0 Å². The second-order valence-corrected chi connectivity index (χ2v) is 14.4. The Bertz CT molecular complexity index is 1590. The van der Waals surface area contributed by atoms with Gasteiger partial charge in [-0.05, 0) is 0 Å². The number of hydrogen-bond acceptors (Lipinski definition) is 12. The van der Waals surface area contributed by atoms with E-state index < -0.39 is 105 Å². The van der Waals surface area contributed by atoms with E-state index in [1.807, 2.05) is 0 Å². The van der Waals surface area contributed by atoms with Crippen molar-refractivity contribution < 1.29 is 66.0 Å². The number of rotatable bonds is 6. The van der Waals surface area contributed by atoms with Crippen LogP contribution in [0.3, 0.4) is 0 Å². The van der Waals surface area contributed by atoms with E-state index in [-0.39, 0.29) is 6.07 Å². The number of phenols is 1. The van der Waals surface area contributed by atoms with Gasteiger partial charge in [0.2, 0.25) is 0 Å². The predicted octanol–water partition coefficient (Wildman–Crippen LogP) is -0.786. The molecule has 1 heterocycles.